The van der Waals surface area contributed by atoms with Crippen molar-refractivity contribution in [2.75, 3.05) is 5.32 Å². The number of alkyl halides is 3. The van der Waals surface area contributed by atoms with Crippen molar-refractivity contribution in [1.82, 2.24) is 4.98 Å². The number of halogens is 4. The molecule has 1 N–H and O–H groups in total. The van der Waals surface area contributed by atoms with Crippen LogP contribution in [-0.4, -0.2) is 17.2 Å². The summed E-state index contributed by atoms with van der Waals surface area (Å²) in [5.41, 5.74) is 0. The van der Waals surface area contributed by atoms with Crippen LogP contribution in [-0.2, 0) is 0 Å². The lowest BCUT2D eigenvalue weighted by molar-refractivity contribution is -0.138. The van der Waals surface area contributed by atoms with Crippen LogP contribution >= 0.6 is 15.9 Å². The van der Waals surface area contributed by atoms with Crippen LogP contribution in [0.2, 0.25) is 0 Å². The van der Waals surface area contributed by atoms with Crippen molar-refractivity contribution in [2.24, 2.45) is 0 Å². The van der Waals surface area contributed by atoms with Crippen LogP contribution in [0.5, 0.6) is 0 Å². The van der Waals surface area contributed by atoms with Gasteiger partial charge in [0.2, 0.25) is 0 Å². The molecule has 1 unspecified atom stereocenters. The van der Waals surface area contributed by atoms with Gasteiger partial charge in [0.05, 0.1) is 0 Å². The van der Waals surface area contributed by atoms with E-state index in [0.29, 0.717) is 0 Å². The minimum absolute atomic E-state index is 0.207. The smallest absolute Gasteiger partial charge is 0.359 e. The molecule has 0 saturated heterocycles. The molecule has 0 aliphatic heterocycles. The Hall–Kier alpha value is -0.780. The highest BCUT2D eigenvalue weighted by Gasteiger charge is 2.36. The Bertz CT molecular complexity index is 296. The molecule has 0 radical (unpaired) electrons. The zero-order chi connectivity index (χ0) is 10.8. The molecule has 0 spiro atoms. The van der Waals surface area contributed by atoms with Gasteiger partial charge in [-0.05, 0) is 35.0 Å². The third-order valence-corrected chi connectivity index (χ3v) is 2.05. The first kappa shape index (κ1) is 11.3. The quantitative estimate of drug-likeness (QED) is 0.891. The minimum atomic E-state index is -4.26. The average molecular weight is 269 g/mol. The second kappa shape index (κ2) is 4.16. The van der Waals surface area contributed by atoms with Crippen molar-refractivity contribution in [3.05, 3.63) is 22.8 Å². The van der Waals surface area contributed by atoms with Gasteiger partial charge in [0, 0.05) is 10.7 Å². The molecule has 0 aliphatic rings. The van der Waals surface area contributed by atoms with Crippen LogP contribution in [0.4, 0.5) is 19.0 Å². The molecular formula is C8H8BrF3N2. The Morgan fingerprint density at radius 2 is 2.07 bits per heavy atom. The summed E-state index contributed by atoms with van der Waals surface area (Å²) in [7, 11) is 0. The molecule has 0 saturated carbocycles. The highest BCUT2D eigenvalue weighted by Crippen LogP contribution is 2.22. The number of rotatable bonds is 2. The summed E-state index contributed by atoms with van der Waals surface area (Å²) in [6, 6.07) is 1.50. The number of hydrogen-bond donors (Lipinski definition) is 1. The second-order valence-corrected chi connectivity index (χ2v) is 3.68. The predicted octanol–water partition coefficient (Wildman–Crippen LogP) is 3.21. The molecule has 0 fully saturated rings. The first-order valence-corrected chi connectivity index (χ1v) is 4.63. The molecule has 1 aromatic heterocycles. The standard InChI is InChI=1S/C8H8BrF3N2/c1-5(8(10,11)12)14-7-3-2-6(9)4-13-7/h2-5H,1H3,(H,13,14). The van der Waals surface area contributed by atoms with Crippen LogP contribution in [0.25, 0.3) is 0 Å². The second-order valence-electron chi connectivity index (χ2n) is 2.77. The summed E-state index contributed by atoms with van der Waals surface area (Å²) in [6.45, 7) is 1.05. The van der Waals surface area contributed by atoms with E-state index in [-0.39, 0.29) is 5.82 Å². The van der Waals surface area contributed by atoms with Gasteiger partial charge in [0.1, 0.15) is 11.9 Å². The number of pyridine rings is 1. The maximum atomic E-state index is 12.1. The summed E-state index contributed by atoms with van der Waals surface area (Å²) in [5, 5.41) is 2.25. The lowest BCUT2D eigenvalue weighted by Gasteiger charge is -2.17. The minimum Gasteiger partial charge on any atom is -0.359 e. The van der Waals surface area contributed by atoms with E-state index in [1.807, 2.05) is 0 Å². The van der Waals surface area contributed by atoms with E-state index in [4.69, 9.17) is 0 Å². The Labute approximate surface area is 87.7 Å². The molecule has 78 valence electrons. The van der Waals surface area contributed by atoms with E-state index >= 15 is 0 Å². The van der Waals surface area contributed by atoms with E-state index in [2.05, 4.69) is 26.2 Å². The summed E-state index contributed by atoms with van der Waals surface area (Å²) >= 11 is 3.14. The third kappa shape index (κ3) is 3.17. The van der Waals surface area contributed by atoms with Gasteiger partial charge in [-0.3, -0.25) is 0 Å². The maximum Gasteiger partial charge on any atom is 0.408 e. The molecule has 6 heteroatoms. The average Bonchev–Trinajstić information content (AvgIpc) is 2.07. The molecular weight excluding hydrogens is 261 g/mol. The van der Waals surface area contributed by atoms with Crippen molar-refractivity contribution in [3.8, 4) is 0 Å². The first-order valence-electron chi connectivity index (χ1n) is 3.84. The summed E-state index contributed by atoms with van der Waals surface area (Å²) in [6.07, 6.45) is -2.82. The van der Waals surface area contributed by atoms with Crippen molar-refractivity contribution in [3.63, 3.8) is 0 Å². The molecule has 0 bridgehead atoms. The van der Waals surface area contributed by atoms with Gasteiger partial charge in [0.15, 0.2) is 0 Å². The largest absolute Gasteiger partial charge is 0.408 e. The molecule has 1 aromatic rings. The van der Waals surface area contributed by atoms with Crippen LogP contribution in [0.1, 0.15) is 6.92 Å². The van der Waals surface area contributed by atoms with E-state index in [1.54, 1.807) is 6.07 Å². The van der Waals surface area contributed by atoms with Crippen LogP contribution in [0.3, 0.4) is 0 Å². The molecule has 1 rings (SSSR count). The number of aromatic nitrogens is 1. The monoisotopic (exact) mass is 268 g/mol. The lowest BCUT2D eigenvalue weighted by atomic mass is 10.3. The Morgan fingerprint density at radius 3 is 2.50 bits per heavy atom. The van der Waals surface area contributed by atoms with Crippen molar-refractivity contribution in [2.45, 2.75) is 19.1 Å². The van der Waals surface area contributed by atoms with Gasteiger partial charge in [-0.15, -0.1) is 0 Å². The molecule has 14 heavy (non-hydrogen) atoms. The summed E-state index contributed by atoms with van der Waals surface area (Å²) in [4.78, 5) is 3.77. The van der Waals surface area contributed by atoms with Crippen LogP contribution in [0, 0.1) is 0 Å². The van der Waals surface area contributed by atoms with E-state index in [0.717, 1.165) is 11.4 Å². The van der Waals surface area contributed by atoms with Crippen molar-refractivity contribution in [1.29, 1.82) is 0 Å². The SMILES string of the molecule is CC(Nc1ccc(Br)cn1)C(F)(F)F. The third-order valence-electron chi connectivity index (χ3n) is 1.58. The fourth-order valence-electron chi connectivity index (χ4n) is 0.765. The van der Waals surface area contributed by atoms with Gasteiger partial charge in [-0.2, -0.15) is 13.2 Å². The maximum absolute atomic E-state index is 12.1. The predicted molar refractivity (Wildman–Crippen MR) is 51.1 cm³/mol. The Morgan fingerprint density at radius 1 is 1.43 bits per heavy atom. The topological polar surface area (TPSA) is 24.9 Å². The lowest BCUT2D eigenvalue weighted by Crippen LogP contribution is -2.33. The van der Waals surface area contributed by atoms with Crippen molar-refractivity contribution < 1.29 is 13.2 Å². The molecule has 0 aromatic carbocycles. The van der Waals surface area contributed by atoms with E-state index < -0.39 is 12.2 Å². The first-order chi connectivity index (χ1) is 6.39. The van der Waals surface area contributed by atoms with Gasteiger partial charge in [0.25, 0.3) is 0 Å². The van der Waals surface area contributed by atoms with Crippen molar-refractivity contribution >= 4 is 21.7 Å². The van der Waals surface area contributed by atoms with Crippen LogP contribution < -0.4 is 5.32 Å². The Kier molecular flexibility index (Phi) is 3.36. The number of anilines is 1. The highest BCUT2D eigenvalue weighted by atomic mass is 79.9. The fraction of sp³-hybridized carbons (Fsp3) is 0.375. The highest BCUT2D eigenvalue weighted by molar-refractivity contribution is 9.10. The number of nitrogens with one attached hydrogen (secondary N) is 1. The normalized spacial score (nSPS) is 13.8. The van der Waals surface area contributed by atoms with Gasteiger partial charge in [-0.25, -0.2) is 4.98 Å². The molecule has 1 heterocycles. The Balaban J connectivity index is 2.65. The van der Waals surface area contributed by atoms with Gasteiger partial charge < -0.3 is 5.32 Å². The molecule has 1 atom stereocenters. The molecule has 0 amide bonds. The van der Waals surface area contributed by atoms with Crippen LogP contribution in [0.15, 0.2) is 22.8 Å². The van der Waals surface area contributed by atoms with Gasteiger partial charge in [-0.1, -0.05) is 0 Å². The number of hydrogen-bond acceptors (Lipinski definition) is 2. The fourth-order valence-corrected chi connectivity index (χ4v) is 0.999. The van der Waals surface area contributed by atoms with Gasteiger partial charge >= 0.3 is 6.18 Å². The summed E-state index contributed by atoms with van der Waals surface area (Å²) < 4.78 is 37.1. The summed E-state index contributed by atoms with van der Waals surface area (Å²) in [5.74, 6) is 0.207. The molecule has 2 nitrogen and oxygen atoms in total. The zero-order valence-corrected chi connectivity index (χ0v) is 8.85. The van der Waals surface area contributed by atoms with E-state index in [9.17, 15) is 13.2 Å². The number of nitrogens with zero attached hydrogens (tertiary/aromatic N) is 1. The molecule has 0 aliphatic carbocycles. The zero-order valence-electron chi connectivity index (χ0n) is 7.27. The van der Waals surface area contributed by atoms with E-state index in [1.165, 1.54) is 12.3 Å².